The molecule has 0 aliphatic carbocycles. The molecule has 0 unspecified atom stereocenters. The topological polar surface area (TPSA) is 163 Å². The minimum atomic E-state index is -0.977. The smallest absolute Gasteiger partial charge is 0.189 e. The van der Waals surface area contributed by atoms with Crippen molar-refractivity contribution in [2.45, 2.75) is 18.9 Å². The molecule has 0 fully saturated rings. The summed E-state index contributed by atoms with van der Waals surface area (Å²) >= 11 is 0. The first kappa shape index (κ1) is 29.6. The van der Waals surface area contributed by atoms with Crippen LogP contribution in [-0.4, -0.2) is 57.6 Å². The zero-order chi connectivity index (χ0) is 29.1. The lowest BCUT2D eigenvalue weighted by molar-refractivity contribution is -0.125. The molecule has 10 heteroatoms. The van der Waals surface area contributed by atoms with Gasteiger partial charge in [-0.2, -0.15) is 5.48 Å². The molecule has 3 rings (SSSR count). The van der Waals surface area contributed by atoms with Gasteiger partial charge in [0.05, 0.1) is 19.6 Å². The SMILES string of the molecule is COc1cc(/C=C/C(=O)CC(=O)/C=C/c2ccc(O)c(OCC(=O)[C@H](Cc3ccc(O)cc3)NO)c2)ccc1O. The molecule has 3 aromatic rings. The van der Waals surface area contributed by atoms with E-state index in [0.29, 0.717) is 16.7 Å². The molecule has 0 amide bonds. The van der Waals surface area contributed by atoms with Crippen LogP contribution in [0, 0.1) is 0 Å². The molecule has 0 bridgehead atoms. The van der Waals surface area contributed by atoms with Gasteiger partial charge >= 0.3 is 0 Å². The maximum atomic E-state index is 12.5. The molecule has 1 atom stereocenters. The number of aromatic hydroxyl groups is 3. The standard InChI is InChI=1S/C30H29NO9/c1-39-29-15-20(6-12-26(29)35)4-10-23(33)17-24(34)11-5-21-7-13-27(36)30(16-21)40-18-28(37)25(31-38)14-19-2-8-22(32)9-3-19/h2-13,15-16,25,31-32,35-36,38H,14,17-18H2,1H3/b10-4+,11-5+/t25-/m0/s1. The Balaban J connectivity index is 1.55. The predicted molar refractivity (Wildman–Crippen MR) is 146 cm³/mol. The van der Waals surface area contributed by atoms with E-state index in [1.54, 1.807) is 24.3 Å². The Morgan fingerprint density at radius 3 is 1.93 bits per heavy atom. The predicted octanol–water partition coefficient (Wildman–Crippen LogP) is 3.60. The third-order valence-corrected chi connectivity index (χ3v) is 5.75. The Kier molecular flexibility index (Phi) is 10.6. The number of nitrogens with one attached hydrogen (secondary N) is 1. The zero-order valence-electron chi connectivity index (χ0n) is 21.6. The molecule has 208 valence electrons. The van der Waals surface area contributed by atoms with Gasteiger partial charge < -0.3 is 30.0 Å². The molecule has 0 saturated heterocycles. The zero-order valence-corrected chi connectivity index (χ0v) is 21.6. The van der Waals surface area contributed by atoms with Crippen LogP contribution in [0.5, 0.6) is 28.7 Å². The maximum absolute atomic E-state index is 12.5. The second-order valence-electron chi connectivity index (χ2n) is 8.74. The number of phenols is 3. The van der Waals surface area contributed by atoms with Gasteiger partial charge in [0, 0.05) is 0 Å². The van der Waals surface area contributed by atoms with Crippen molar-refractivity contribution in [2.24, 2.45) is 0 Å². The van der Waals surface area contributed by atoms with Crippen molar-refractivity contribution in [1.29, 1.82) is 0 Å². The first-order valence-electron chi connectivity index (χ1n) is 12.1. The summed E-state index contributed by atoms with van der Waals surface area (Å²) in [7, 11) is 1.41. The molecule has 5 N–H and O–H groups in total. The molecule has 0 radical (unpaired) electrons. The Morgan fingerprint density at radius 2 is 1.38 bits per heavy atom. The highest BCUT2D eigenvalue weighted by atomic mass is 16.5. The molecule has 0 aliphatic rings. The summed E-state index contributed by atoms with van der Waals surface area (Å²) in [6.45, 7) is -0.455. The average molecular weight is 548 g/mol. The van der Waals surface area contributed by atoms with Gasteiger partial charge in [0.1, 0.15) is 12.4 Å². The molecule has 0 heterocycles. The number of carbonyl (C=O) groups is 3. The van der Waals surface area contributed by atoms with Crippen LogP contribution in [0.15, 0.2) is 72.8 Å². The summed E-state index contributed by atoms with van der Waals surface area (Å²) in [6.07, 6.45) is 5.22. The molecular weight excluding hydrogens is 518 g/mol. The van der Waals surface area contributed by atoms with E-state index in [1.165, 1.54) is 67.8 Å². The summed E-state index contributed by atoms with van der Waals surface area (Å²) in [6, 6.07) is 14.1. The highest BCUT2D eigenvalue weighted by Gasteiger charge is 2.19. The number of phenolic OH excluding ortho intramolecular Hbond substituents is 3. The fourth-order valence-corrected chi connectivity index (χ4v) is 3.56. The number of ketones is 3. The highest BCUT2D eigenvalue weighted by molar-refractivity contribution is 6.10. The van der Waals surface area contributed by atoms with Crippen LogP contribution >= 0.6 is 0 Å². The summed E-state index contributed by atoms with van der Waals surface area (Å²) in [5, 5.41) is 38.5. The summed E-state index contributed by atoms with van der Waals surface area (Å²) in [5.41, 5.74) is 3.74. The summed E-state index contributed by atoms with van der Waals surface area (Å²) in [5.74, 6) is -1.28. The van der Waals surface area contributed by atoms with Crippen molar-refractivity contribution < 1.29 is 44.4 Å². The number of ether oxygens (including phenoxy) is 2. The molecule has 0 spiro atoms. The number of hydroxylamine groups is 1. The van der Waals surface area contributed by atoms with Gasteiger partial charge in [-0.05, 0) is 71.7 Å². The van der Waals surface area contributed by atoms with Crippen molar-refractivity contribution in [2.75, 3.05) is 13.7 Å². The number of hydrogen-bond acceptors (Lipinski definition) is 10. The largest absolute Gasteiger partial charge is 0.508 e. The van der Waals surface area contributed by atoms with Gasteiger partial charge in [-0.3, -0.25) is 14.4 Å². The van der Waals surface area contributed by atoms with Gasteiger partial charge in [-0.25, -0.2) is 0 Å². The third kappa shape index (κ3) is 8.83. The number of methoxy groups -OCH3 is 1. The van der Waals surface area contributed by atoms with E-state index < -0.39 is 30.0 Å². The van der Waals surface area contributed by atoms with E-state index in [1.807, 2.05) is 5.48 Å². The van der Waals surface area contributed by atoms with Gasteiger partial charge in [0.2, 0.25) is 0 Å². The molecule has 40 heavy (non-hydrogen) atoms. The second kappa shape index (κ2) is 14.3. The van der Waals surface area contributed by atoms with E-state index in [2.05, 4.69) is 0 Å². The average Bonchev–Trinajstić information content (AvgIpc) is 2.95. The molecule has 0 aliphatic heterocycles. The maximum Gasteiger partial charge on any atom is 0.189 e. The Labute approximate surface area is 230 Å². The number of allylic oxidation sites excluding steroid dienone is 2. The van der Waals surface area contributed by atoms with E-state index in [9.17, 15) is 34.9 Å². The van der Waals surface area contributed by atoms with Crippen LogP contribution in [0.3, 0.4) is 0 Å². The second-order valence-corrected chi connectivity index (χ2v) is 8.74. The number of Topliss-reactive ketones (excluding diaryl/α,β-unsaturated/α-hetero) is 1. The van der Waals surface area contributed by atoms with Crippen LogP contribution < -0.4 is 15.0 Å². The minimum absolute atomic E-state index is 0.00684. The van der Waals surface area contributed by atoms with Crippen LogP contribution in [0.25, 0.3) is 12.2 Å². The van der Waals surface area contributed by atoms with Gasteiger partial charge in [0.15, 0.2) is 40.3 Å². The molecule has 0 saturated carbocycles. The molecule has 10 nitrogen and oxygen atoms in total. The first-order valence-corrected chi connectivity index (χ1v) is 12.1. The summed E-state index contributed by atoms with van der Waals surface area (Å²) in [4.78, 5) is 37.0. The fraction of sp³-hybridized carbons (Fsp3) is 0.167. The van der Waals surface area contributed by atoms with Crippen molar-refractivity contribution in [3.05, 3.63) is 89.5 Å². The van der Waals surface area contributed by atoms with Gasteiger partial charge in [-0.15, -0.1) is 0 Å². The summed E-state index contributed by atoms with van der Waals surface area (Å²) < 4.78 is 10.5. The molecule has 0 aromatic heterocycles. The van der Waals surface area contributed by atoms with Crippen molar-refractivity contribution in [3.8, 4) is 28.7 Å². The van der Waals surface area contributed by atoms with Crippen LogP contribution in [-0.2, 0) is 20.8 Å². The van der Waals surface area contributed by atoms with E-state index in [-0.39, 0.29) is 41.6 Å². The lowest BCUT2D eigenvalue weighted by Gasteiger charge is -2.15. The highest BCUT2D eigenvalue weighted by Crippen LogP contribution is 2.28. The lowest BCUT2D eigenvalue weighted by Crippen LogP contribution is -2.39. The Hall–Kier alpha value is -4.93. The van der Waals surface area contributed by atoms with Crippen LogP contribution in [0.2, 0.25) is 0 Å². The Morgan fingerprint density at radius 1 is 0.825 bits per heavy atom. The van der Waals surface area contributed by atoms with Crippen LogP contribution in [0.4, 0.5) is 0 Å². The first-order chi connectivity index (χ1) is 19.2. The minimum Gasteiger partial charge on any atom is -0.508 e. The van der Waals surface area contributed by atoms with E-state index in [0.717, 1.165) is 0 Å². The number of carbonyl (C=O) groups excluding carboxylic acids is 3. The van der Waals surface area contributed by atoms with Crippen molar-refractivity contribution in [1.82, 2.24) is 5.48 Å². The van der Waals surface area contributed by atoms with E-state index >= 15 is 0 Å². The van der Waals surface area contributed by atoms with Gasteiger partial charge in [0.25, 0.3) is 0 Å². The van der Waals surface area contributed by atoms with Crippen molar-refractivity contribution >= 4 is 29.5 Å². The van der Waals surface area contributed by atoms with Crippen LogP contribution in [0.1, 0.15) is 23.1 Å². The third-order valence-electron chi connectivity index (χ3n) is 5.75. The number of hydrogen-bond donors (Lipinski definition) is 5. The van der Waals surface area contributed by atoms with E-state index in [4.69, 9.17) is 9.47 Å². The van der Waals surface area contributed by atoms with Crippen molar-refractivity contribution in [3.63, 3.8) is 0 Å². The number of benzene rings is 3. The monoisotopic (exact) mass is 547 g/mol. The molecule has 3 aromatic carbocycles. The molecular formula is C30H29NO9. The fourth-order valence-electron chi connectivity index (χ4n) is 3.56. The number of rotatable bonds is 14. The quantitative estimate of drug-likeness (QED) is 0.114. The Bertz CT molecular complexity index is 1410. The van der Waals surface area contributed by atoms with Gasteiger partial charge in [-0.1, -0.05) is 36.4 Å². The lowest BCUT2D eigenvalue weighted by atomic mass is 10.0. The normalized spacial score (nSPS) is 11.9.